The quantitative estimate of drug-likeness (QED) is 0.0338. The molecule has 0 aliphatic heterocycles. The fraction of sp³-hybridized carbons (Fsp3) is 0.235. The highest BCUT2D eigenvalue weighted by atomic mass is 79.9. The lowest BCUT2D eigenvalue weighted by atomic mass is 10.0. The third-order valence-electron chi connectivity index (χ3n) is 14.1. The molecule has 0 saturated heterocycles. The van der Waals surface area contributed by atoms with E-state index in [1.807, 2.05) is 91.0 Å². The number of rotatable bonds is 24. The van der Waals surface area contributed by atoms with E-state index in [0.29, 0.717) is 0 Å². The van der Waals surface area contributed by atoms with E-state index in [2.05, 4.69) is 138 Å². The highest BCUT2D eigenvalue weighted by Gasteiger charge is 2.25. The first-order valence-corrected chi connectivity index (χ1v) is 28.5. The minimum atomic E-state index is 0. The van der Waals surface area contributed by atoms with Gasteiger partial charge in [0, 0.05) is 81.0 Å². The van der Waals surface area contributed by atoms with Crippen LogP contribution in [0.5, 0.6) is 23.0 Å². The molecule has 0 aliphatic carbocycles. The number of ether oxygens (including phenoxy) is 4. The van der Waals surface area contributed by atoms with Crippen LogP contribution in [-0.4, -0.2) is 57.9 Å². The van der Waals surface area contributed by atoms with E-state index in [1.54, 1.807) is 40.8 Å². The lowest BCUT2D eigenvalue weighted by Gasteiger charge is -2.14. The summed E-state index contributed by atoms with van der Waals surface area (Å²) in [5, 5.41) is 1.14. The van der Waals surface area contributed by atoms with Gasteiger partial charge in [-0.1, -0.05) is 97.3 Å². The summed E-state index contributed by atoms with van der Waals surface area (Å²) < 4.78 is 28.5. The molecular formula is C68H71Br2N6O4+. The number of hydrogen-bond acceptors (Lipinski definition) is 7. The summed E-state index contributed by atoms with van der Waals surface area (Å²) in [5.74, 6) is 5.01. The summed E-state index contributed by atoms with van der Waals surface area (Å²) in [6.45, 7) is 1.04. The molecule has 0 radical (unpaired) electrons. The van der Waals surface area contributed by atoms with Gasteiger partial charge >= 0.3 is 0 Å². The van der Waals surface area contributed by atoms with E-state index < -0.39 is 0 Å². The highest BCUT2D eigenvalue weighted by Crippen LogP contribution is 2.41. The molecule has 0 N–H and O–H groups in total. The van der Waals surface area contributed by atoms with Crippen molar-refractivity contribution in [3.63, 3.8) is 0 Å². The Balaban J connectivity index is 0.000000218. The van der Waals surface area contributed by atoms with Gasteiger partial charge in [-0.3, -0.25) is 14.1 Å². The second-order valence-electron chi connectivity index (χ2n) is 19.3. The molecule has 12 heteroatoms. The average Bonchev–Trinajstić information content (AvgIpc) is 4.22. The average molecular weight is 1200 g/mol. The molecule has 4 aromatic heterocycles. The molecule has 0 atom stereocenters. The molecule has 10 rings (SSSR count). The van der Waals surface area contributed by atoms with Gasteiger partial charge in [-0.05, 0) is 146 Å². The van der Waals surface area contributed by atoms with E-state index in [0.717, 1.165) is 114 Å². The molecule has 80 heavy (non-hydrogen) atoms. The van der Waals surface area contributed by atoms with Gasteiger partial charge in [0.1, 0.15) is 41.2 Å². The Kier molecular flexibility index (Phi) is 21.9. The Morgan fingerprint density at radius 2 is 0.713 bits per heavy atom. The van der Waals surface area contributed by atoms with Crippen LogP contribution in [0.3, 0.4) is 0 Å². The maximum absolute atomic E-state index is 5.48. The van der Waals surface area contributed by atoms with Gasteiger partial charge in [-0.25, -0.2) is 14.5 Å². The van der Waals surface area contributed by atoms with Crippen molar-refractivity contribution in [3.8, 4) is 102 Å². The number of halogens is 2. The van der Waals surface area contributed by atoms with Crippen LogP contribution in [0.25, 0.3) is 79.2 Å². The number of aromatic nitrogens is 6. The number of aryl methyl sites for hydroxylation is 1. The predicted molar refractivity (Wildman–Crippen MR) is 334 cm³/mol. The van der Waals surface area contributed by atoms with Gasteiger partial charge < -0.3 is 18.9 Å². The number of para-hydroxylation sites is 2. The first-order valence-electron chi connectivity index (χ1n) is 27.4. The number of unbranched alkanes of at least 4 members (excludes halogenated alkanes) is 9. The second kappa shape index (κ2) is 30.0. The third-order valence-corrected chi connectivity index (χ3v) is 14.7. The number of methoxy groups -OCH3 is 4. The molecule has 410 valence electrons. The molecule has 0 bridgehead atoms. The van der Waals surface area contributed by atoms with Crippen LogP contribution in [0.15, 0.2) is 207 Å². The summed E-state index contributed by atoms with van der Waals surface area (Å²) in [6.07, 6.45) is 21.4. The Bertz CT molecular complexity index is 3410. The van der Waals surface area contributed by atoms with E-state index >= 15 is 0 Å². The number of alkyl halides is 1. The Labute approximate surface area is 491 Å². The number of imidazole rings is 2. The zero-order chi connectivity index (χ0) is 54.6. The molecule has 10 nitrogen and oxygen atoms in total. The van der Waals surface area contributed by atoms with Gasteiger partial charge in [0.2, 0.25) is 0 Å². The molecule has 0 saturated carbocycles. The number of nitrogens with zero attached hydrogens (tertiary/aromatic N) is 6. The maximum atomic E-state index is 5.48. The standard InChI is InChI=1S/C40H47BrN3O2.C28H23N3O2.BrH/c1-45-36-22-18-32(19-23-36)38-39(33-20-24-37(46-2)25-21-33)44(35-16-12-11-13-17-35)40(42-38)34-26-30-43(31-27-34)29-15-10-8-6-4-3-5-7-9-14-28-41;1-32-24-12-8-20(9-13-24)26-27(21-10-14-25(33-2)15-11-21)31(23-6-4-3-5-7-23)28(30-26)22-16-18-29-19-17-22;/h11-13,16-27,30-31H,3-10,14-15,28-29H2,1-2H3;3-19H,1-2H3;1H/q+1;;. The van der Waals surface area contributed by atoms with Crippen molar-refractivity contribution >= 4 is 32.9 Å². The van der Waals surface area contributed by atoms with Crippen molar-refractivity contribution < 1.29 is 23.5 Å². The van der Waals surface area contributed by atoms with E-state index in [1.165, 1.54) is 64.2 Å². The summed E-state index contributed by atoms with van der Waals surface area (Å²) in [5.41, 5.74) is 12.1. The van der Waals surface area contributed by atoms with Crippen LogP contribution in [0.4, 0.5) is 0 Å². The van der Waals surface area contributed by atoms with Gasteiger partial charge in [-0.2, -0.15) is 0 Å². The van der Waals surface area contributed by atoms with Crippen molar-refractivity contribution in [3.05, 3.63) is 207 Å². The number of benzene rings is 6. The molecule has 0 unspecified atom stereocenters. The van der Waals surface area contributed by atoms with E-state index in [-0.39, 0.29) is 17.0 Å². The van der Waals surface area contributed by atoms with Crippen LogP contribution in [-0.2, 0) is 6.54 Å². The third kappa shape index (κ3) is 14.7. The SMILES string of the molecule is Br.COc1ccc(-c2nc(-c3cc[n+](CCCCCCCCCCCCBr)cc3)n(-c3ccccc3)c2-c2ccc(OC)cc2)cc1.COc1ccc(-c2nc(-c3ccncc3)n(-c3ccccc3)c2-c2ccc(OC)cc2)cc1. The summed E-state index contributed by atoms with van der Waals surface area (Å²) in [6, 6.07) is 61.6. The highest BCUT2D eigenvalue weighted by molar-refractivity contribution is 9.09. The smallest absolute Gasteiger partial charge is 0.169 e. The zero-order valence-corrected chi connectivity index (χ0v) is 49.5. The molecule has 4 heterocycles. The maximum Gasteiger partial charge on any atom is 0.169 e. The van der Waals surface area contributed by atoms with Crippen molar-refractivity contribution in [2.45, 2.75) is 70.8 Å². The van der Waals surface area contributed by atoms with Crippen LogP contribution in [0.1, 0.15) is 64.2 Å². The van der Waals surface area contributed by atoms with Crippen molar-refractivity contribution in [1.29, 1.82) is 0 Å². The molecule has 6 aromatic carbocycles. The van der Waals surface area contributed by atoms with Crippen molar-refractivity contribution in [2.24, 2.45) is 0 Å². The molecule has 0 aliphatic rings. The van der Waals surface area contributed by atoms with Gasteiger partial charge in [0.05, 0.1) is 51.2 Å². The van der Waals surface area contributed by atoms with Crippen molar-refractivity contribution in [1.82, 2.24) is 24.1 Å². The van der Waals surface area contributed by atoms with Gasteiger partial charge in [0.15, 0.2) is 12.4 Å². The Morgan fingerprint density at radius 1 is 0.375 bits per heavy atom. The second-order valence-corrected chi connectivity index (χ2v) is 20.1. The molecular weight excluding hydrogens is 1120 g/mol. The lowest BCUT2D eigenvalue weighted by molar-refractivity contribution is -0.697. The van der Waals surface area contributed by atoms with Crippen LogP contribution < -0.4 is 23.5 Å². The largest absolute Gasteiger partial charge is 0.497 e. The fourth-order valence-corrected chi connectivity index (χ4v) is 10.3. The lowest BCUT2D eigenvalue weighted by Crippen LogP contribution is -2.32. The van der Waals surface area contributed by atoms with Crippen LogP contribution in [0, 0.1) is 0 Å². The molecule has 10 aromatic rings. The number of pyridine rings is 2. The van der Waals surface area contributed by atoms with E-state index in [9.17, 15) is 0 Å². The normalized spacial score (nSPS) is 10.8. The molecule has 0 amide bonds. The predicted octanol–water partition coefficient (Wildman–Crippen LogP) is 17.3. The van der Waals surface area contributed by atoms with Gasteiger partial charge in [0.25, 0.3) is 0 Å². The summed E-state index contributed by atoms with van der Waals surface area (Å²) in [7, 11) is 6.73. The molecule has 0 fully saturated rings. The van der Waals surface area contributed by atoms with Gasteiger partial charge in [-0.15, -0.1) is 17.0 Å². The molecule has 0 spiro atoms. The van der Waals surface area contributed by atoms with Crippen LogP contribution in [0.2, 0.25) is 0 Å². The summed E-state index contributed by atoms with van der Waals surface area (Å²) >= 11 is 3.52. The first-order chi connectivity index (χ1) is 39.0. The monoisotopic (exact) mass is 1190 g/mol. The Hall–Kier alpha value is -7.80. The summed E-state index contributed by atoms with van der Waals surface area (Å²) in [4.78, 5) is 14.7. The van der Waals surface area contributed by atoms with Crippen LogP contribution >= 0.6 is 32.9 Å². The number of hydrogen-bond donors (Lipinski definition) is 0. The fourth-order valence-electron chi connectivity index (χ4n) is 9.87. The minimum Gasteiger partial charge on any atom is -0.497 e. The Morgan fingerprint density at radius 3 is 1.07 bits per heavy atom. The first kappa shape index (κ1) is 58.4. The topological polar surface area (TPSA) is 89.3 Å². The zero-order valence-electron chi connectivity index (χ0n) is 46.2. The van der Waals surface area contributed by atoms with Crippen molar-refractivity contribution in [2.75, 3.05) is 33.8 Å². The van der Waals surface area contributed by atoms with E-state index in [4.69, 9.17) is 28.9 Å². The minimum absolute atomic E-state index is 0.